The van der Waals surface area contributed by atoms with Crippen LogP contribution in [0.3, 0.4) is 0 Å². The second kappa shape index (κ2) is 5.26. The van der Waals surface area contributed by atoms with Crippen LogP contribution in [0.15, 0.2) is 29.2 Å². The number of primary sulfonamides is 1. The second-order valence-corrected chi connectivity index (χ2v) is 6.21. The van der Waals surface area contributed by atoms with Gasteiger partial charge in [0.25, 0.3) is 0 Å². The van der Waals surface area contributed by atoms with Crippen molar-refractivity contribution in [1.82, 2.24) is 0 Å². The molecule has 18 heavy (non-hydrogen) atoms. The molecular formula is C12H18N2O3S. The van der Waals surface area contributed by atoms with E-state index in [4.69, 9.17) is 10.2 Å². The summed E-state index contributed by atoms with van der Waals surface area (Å²) in [4.78, 5) is 2.34. The van der Waals surface area contributed by atoms with Crippen molar-refractivity contribution in [2.75, 3.05) is 24.6 Å². The molecule has 1 aliphatic heterocycles. The lowest BCUT2D eigenvalue weighted by atomic mass is 10.1. The zero-order valence-corrected chi connectivity index (χ0v) is 10.9. The Hall–Kier alpha value is -1.11. The van der Waals surface area contributed by atoms with E-state index in [0.717, 1.165) is 31.6 Å². The topological polar surface area (TPSA) is 83.6 Å². The zero-order chi connectivity index (χ0) is 13.2. The summed E-state index contributed by atoms with van der Waals surface area (Å²) in [6.07, 6.45) is 1.89. The fourth-order valence-corrected chi connectivity index (χ4v) is 2.85. The highest BCUT2D eigenvalue weighted by atomic mass is 32.2. The fourth-order valence-electron chi connectivity index (χ4n) is 2.33. The van der Waals surface area contributed by atoms with Crippen molar-refractivity contribution in [1.29, 1.82) is 0 Å². The normalized spacial score (nSPS) is 20.3. The van der Waals surface area contributed by atoms with Gasteiger partial charge in [-0.05, 0) is 43.0 Å². The predicted molar refractivity (Wildman–Crippen MR) is 69.8 cm³/mol. The first kappa shape index (κ1) is 13.3. The highest BCUT2D eigenvalue weighted by Gasteiger charge is 2.22. The number of hydrogen-bond donors (Lipinski definition) is 2. The molecule has 0 radical (unpaired) electrons. The zero-order valence-electron chi connectivity index (χ0n) is 10.1. The van der Waals surface area contributed by atoms with E-state index in [-0.39, 0.29) is 11.5 Å². The Morgan fingerprint density at radius 1 is 1.33 bits per heavy atom. The van der Waals surface area contributed by atoms with E-state index in [1.165, 1.54) is 12.1 Å². The molecule has 0 amide bonds. The van der Waals surface area contributed by atoms with Gasteiger partial charge in [0.15, 0.2) is 0 Å². The minimum atomic E-state index is -3.61. The molecule has 1 aromatic rings. The van der Waals surface area contributed by atoms with Crippen LogP contribution in [-0.4, -0.2) is 33.2 Å². The molecule has 0 saturated carbocycles. The Labute approximate surface area is 107 Å². The molecule has 6 heteroatoms. The van der Waals surface area contributed by atoms with Gasteiger partial charge in [0.1, 0.15) is 0 Å². The van der Waals surface area contributed by atoms with E-state index in [9.17, 15) is 8.42 Å². The molecule has 1 saturated heterocycles. The van der Waals surface area contributed by atoms with Gasteiger partial charge in [-0.15, -0.1) is 0 Å². The van der Waals surface area contributed by atoms with Crippen LogP contribution in [0.2, 0.25) is 0 Å². The molecule has 1 aromatic carbocycles. The Balaban J connectivity index is 2.07. The summed E-state index contributed by atoms with van der Waals surface area (Å²) in [5.74, 6) is 0.521. The molecule has 0 spiro atoms. The fraction of sp³-hybridized carbons (Fsp3) is 0.500. The SMILES string of the molecule is NS(=O)(=O)c1ccc(N2CCC(CCO)C2)cc1. The maximum absolute atomic E-state index is 11.1. The summed E-state index contributed by atoms with van der Waals surface area (Å²) >= 11 is 0. The van der Waals surface area contributed by atoms with Gasteiger partial charge in [0.2, 0.25) is 10.0 Å². The van der Waals surface area contributed by atoms with E-state index in [1.807, 2.05) is 0 Å². The quantitative estimate of drug-likeness (QED) is 0.836. The van der Waals surface area contributed by atoms with Crippen LogP contribution >= 0.6 is 0 Å². The van der Waals surface area contributed by atoms with Crippen LogP contribution in [0.25, 0.3) is 0 Å². The molecule has 0 aromatic heterocycles. The standard InChI is InChI=1S/C12H18N2O3S/c13-18(16,17)12-3-1-11(2-4-12)14-7-5-10(9-14)6-8-15/h1-4,10,15H,5-9H2,(H2,13,16,17). The number of nitrogens with zero attached hydrogens (tertiary/aromatic N) is 1. The smallest absolute Gasteiger partial charge is 0.238 e. The molecule has 1 aliphatic rings. The highest BCUT2D eigenvalue weighted by molar-refractivity contribution is 7.89. The number of aliphatic hydroxyl groups excluding tert-OH is 1. The molecule has 100 valence electrons. The summed E-state index contributed by atoms with van der Waals surface area (Å²) in [6, 6.07) is 6.62. The first-order valence-electron chi connectivity index (χ1n) is 5.99. The monoisotopic (exact) mass is 270 g/mol. The Bertz CT molecular complexity index is 499. The number of nitrogens with two attached hydrogens (primary N) is 1. The average Bonchev–Trinajstić information content (AvgIpc) is 2.77. The van der Waals surface area contributed by atoms with Crippen LogP contribution in [0, 0.1) is 5.92 Å². The molecule has 0 aliphatic carbocycles. The molecule has 5 nitrogen and oxygen atoms in total. The van der Waals surface area contributed by atoms with Gasteiger partial charge in [-0.25, -0.2) is 13.6 Å². The van der Waals surface area contributed by atoms with Crippen molar-refractivity contribution in [3.8, 4) is 0 Å². The molecule has 2 rings (SSSR count). The lowest BCUT2D eigenvalue weighted by molar-refractivity contribution is 0.263. The van der Waals surface area contributed by atoms with Crippen molar-refractivity contribution in [3.63, 3.8) is 0 Å². The number of rotatable bonds is 4. The number of hydrogen-bond acceptors (Lipinski definition) is 4. The van der Waals surface area contributed by atoms with Crippen LogP contribution < -0.4 is 10.0 Å². The van der Waals surface area contributed by atoms with Crippen molar-refractivity contribution >= 4 is 15.7 Å². The van der Waals surface area contributed by atoms with Gasteiger partial charge >= 0.3 is 0 Å². The van der Waals surface area contributed by atoms with Crippen LogP contribution in [0.4, 0.5) is 5.69 Å². The summed E-state index contributed by atoms with van der Waals surface area (Å²) in [6.45, 7) is 2.08. The van der Waals surface area contributed by atoms with Gasteiger partial charge in [-0.2, -0.15) is 0 Å². The maximum atomic E-state index is 11.1. The third-order valence-electron chi connectivity index (χ3n) is 3.35. The van der Waals surface area contributed by atoms with E-state index in [2.05, 4.69) is 4.90 Å². The number of aliphatic hydroxyl groups is 1. The Morgan fingerprint density at radius 3 is 2.56 bits per heavy atom. The summed E-state index contributed by atoms with van der Waals surface area (Å²) in [7, 11) is -3.61. The lowest BCUT2D eigenvalue weighted by Gasteiger charge is -2.18. The van der Waals surface area contributed by atoms with E-state index < -0.39 is 10.0 Å². The van der Waals surface area contributed by atoms with Crippen molar-refractivity contribution < 1.29 is 13.5 Å². The minimum Gasteiger partial charge on any atom is -0.396 e. The third kappa shape index (κ3) is 3.01. The van der Waals surface area contributed by atoms with Crippen LogP contribution in [-0.2, 0) is 10.0 Å². The summed E-state index contributed by atoms with van der Waals surface area (Å²) in [5.41, 5.74) is 1.00. The summed E-state index contributed by atoms with van der Waals surface area (Å²) < 4.78 is 22.3. The van der Waals surface area contributed by atoms with Gasteiger partial charge in [-0.3, -0.25) is 0 Å². The van der Waals surface area contributed by atoms with Gasteiger partial charge < -0.3 is 10.0 Å². The Morgan fingerprint density at radius 2 is 2.00 bits per heavy atom. The molecule has 1 atom stereocenters. The number of sulfonamides is 1. The van der Waals surface area contributed by atoms with Crippen LogP contribution in [0.5, 0.6) is 0 Å². The first-order valence-corrected chi connectivity index (χ1v) is 7.54. The average molecular weight is 270 g/mol. The predicted octanol–water partition coefficient (Wildman–Crippen LogP) is 0.543. The van der Waals surface area contributed by atoms with Crippen molar-refractivity contribution in [2.24, 2.45) is 11.1 Å². The largest absolute Gasteiger partial charge is 0.396 e. The molecule has 1 unspecified atom stereocenters. The molecule has 1 fully saturated rings. The van der Waals surface area contributed by atoms with Gasteiger partial charge in [0, 0.05) is 25.4 Å². The van der Waals surface area contributed by atoms with E-state index in [1.54, 1.807) is 12.1 Å². The van der Waals surface area contributed by atoms with Gasteiger partial charge in [0.05, 0.1) is 4.90 Å². The number of anilines is 1. The molecule has 0 bridgehead atoms. The maximum Gasteiger partial charge on any atom is 0.238 e. The molecule has 1 heterocycles. The Kier molecular flexibility index (Phi) is 3.89. The van der Waals surface area contributed by atoms with E-state index >= 15 is 0 Å². The number of benzene rings is 1. The van der Waals surface area contributed by atoms with Crippen LogP contribution in [0.1, 0.15) is 12.8 Å². The van der Waals surface area contributed by atoms with E-state index in [0.29, 0.717) is 5.92 Å². The second-order valence-electron chi connectivity index (χ2n) is 4.65. The van der Waals surface area contributed by atoms with Gasteiger partial charge in [-0.1, -0.05) is 0 Å². The van der Waals surface area contributed by atoms with Crippen molar-refractivity contribution in [2.45, 2.75) is 17.7 Å². The first-order chi connectivity index (χ1) is 8.50. The molecule has 3 N–H and O–H groups in total. The minimum absolute atomic E-state index is 0.136. The summed E-state index contributed by atoms with van der Waals surface area (Å²) in [5, 5.41) is 14.0. The third-order valence-corrected chi connectivity index (χ3v) is 4.28. The van der Waals surface area contributed by atoms with Crippen molar-refractivity contribution in [3.05, 3.63) is 24.3 Å². The highest BCUT2D eigenvalue weighted by Crippen LogP contribution is 2.26. The lowest BCUT2D eigenvalue weighted by Crippen LogP contribution is -2.20. The molecular weight excluding hydrogens is 252 g/mol.